The molecule has 0 bridgehead atoms. The van der Waals surface area contributed by atoms with Gasteiger partial charge in [-0.1, -0.05) is 30.3 Å². The number of nitrogens with zero attached hydrogens (tertiary/aromatic N) is 5. The Balaban J connectivity index is 1.72. The summed E-state index contributed by atoms with van der Waals surface area (Å²) in [6, 6.07) is 11.4. The van der Waals surface area contributed by atoms with Crippen LogP contribution in [0.3, 0.4) is 0 Å². The predicted octanol–water partition coefficient (Wildman–Crippen LogP) is 6.11. The summed E-state index contributed by atoms with van der Waals surface area (Å²) in [5, 5.41) is 0.614. The van der Waals surface area contributed by atoms with Crippen molar-refractivity contribution < 1.29 is 17.2 Å². The van der Waals surface area contributed by atoms with Gasteiger partial charge in [-0.3, -0.25) is 9.97 Å². The van der Waals surface area contributed by atoms with Crippen molar-refractivity contribution in [1.29, 1.82) is 0 Å². The molecule has 5 aromatic rings. The van der Waals surface area contributed by atoms with E-state index >= 15 is 0 Å². The summed E-state index contributed by atoms with van der Waals surface area (Å²) in [5.74, 6) is -2.82. The molecule has 0 aliphatic heterocycles. The summed E-state index contributed by atoms with van der Waals surface area (Å²) in [4.78, 5) is 13.6. The van der Waals surface area contributed by atoms with E-state index in [1.54, 1.807) is 18.7 Å². The molecule has 4 aromatic heterocycles. The Bertz CT molecular complexity index is 1780. The fraction of sp³-hybridized carbons (Fsp3) is 0.345. The van der Waals surface area contributed by atoms with Gasteiger partial charge in [0.15, 0.2) is 9.84 Å². The first-order valence-electron chi connectivity index (χ1n) is 12.9. The molecule has 0 amide bonds. The number of halogens is 2. The van der Waals surface area contributed by atoms with Gasteiger partial charge >= 0.3 is 0 Å². The predicted molar refractivity (Wildman–Crippen MR) is 147 cm³/mol. The summed E-state index contributed by atoms with van der Waals surface area (Å²) in [6.45, 7) is 1.93. The standard InChI is InChI=1S/C29H29F2N5O2S/c1-18-26(35(2)17-34-18)21-13-23-25(33-14-21)22-15-32-16-24(39(3,37)38)28(22)36(23)27(19-7-5-4-6-8-19)20-9-11-29(30,31)12-10-20/h4-8,13-17,20,27H,9-12H2,1-3H3. The molecule has 1 saturated carbocycles. The summed E-state index contributed by atoms with van der Waals surface area (Å²) in [6.07, 6.45) is 7.93. The third-order valence-corrected chi connectivity index (χ3v) is 9.03. The monoisotopic (exact) mass is 549 g/mol. The molecule has 1 aliphatic rings. The van der Waals surface area contributed by atoms with E-state index in [-0.39, 0.29) is 29.7 Å². The molecule has 6 rings (SSSR count). The van der Waals surface area contributed by atoms with Gasteiger partial charge in [-0.15, -0.1) is 0 Å². The van der Waals surface area contributed by atoms with Crippen molar-refractivity contribution in [1.82, 2.24) is 24.1 Å². The lowest BCUT2D eigenvalue weighted by atomic mass is 9.79. The first kappa shape index (κ1) is 25.6. The van der Waals surface area contributed by atoms with Crippen LogP contribution in [0, 0.1) is 12.8 Å². The Morgan fingerprint density at radius 3 is 2.41 bits per heavy atom. The van der Waals surface area contributed by atoms with Crippen LogP contribution in [0.15, 0.2) is 66.2 Å². The molecule has 0 saturated heterocycles. The first-order valence-corrected chi connectivity index (χ1v) is 14.8. The van der Waals surface area contributed by atoms with E-state index < -0.39 is 15.8 Å². The van der Waals surface area contributed by atoms with Gasteiger partial charge < -0.3 is 9.13 Å². The van der Waals surface area contributed by atoms with Crippen molar-refractivity contribution in [2.45, 2.75) is 49.5 Å². The lowest BCUT2D eigenvalue weighted by Crippen LogP contribution is -2.30. The molecule has 39 heavy (non-hydrogen) atoms. The number of rotatable bonds is 5. The van der Waals surface area contributed by atoms with Gasteiger partial charge in [0.25, 0.3) is 0 Å². The van der Waals surface area contributed by atoms with Crippen LogP contribution < -0.4 is 0 Å². The topological polar surface area (TPSA) is 82.7 Å². The molecular weight excluding hydrogens is 520 g/mol. The molecule has 1 atom stereocenters. The SMILES string of the molecule is Cc1ncn(C)c1-c1cnc2c3cncc(S(C)(=O)=O)c3n(C(c3ccccc3)C3CCC(F)(F)CC3)c2c1. The maximum Gasteiger partial charge on any atom is 0.248 e. The molecule has 202 valence electrons. The maximum atomic E-state index is 14.3. The fourth-order valence-corrected chi connectivity index (χ4v) is 6.94. The minimum absolute atomic E-state index is 0.0957. The molecule has 1 aromatic carbocycles. The highest BCUT2D eigenvalue weighted by Crippen LogP contribution is 2.46. The van der Waals surface area contributed by atoms with Crippen LogP contribution in [0.2, 0.25) is 0 Å². The number of sulfone groups is 1. The van der Waals surface area contributed by atoms with E-state index in [9.17, 15) is 17.2 Å². The lowest BCUT2D eigenvalue weighted by Gasteiger charge is -2.36. The second-order valence-corrected chi connectivity index (χ2v) is 12.6. The largest absolute Gasteiger partial charge is 0.333 e. The van der Waals surface area contributed by atoms with Crippen LogP contribution >= 0.6 is 0 Å². The number of imidazole rings is 1. The molecular formula is C29H29F2N5O2S. The second-order valence-electron chi connectivity index (χ2n) is 10.6. The molecule has 7 nitrogen and oxygen atoms in total. The highest BCUT2D eigenvalue weighted by molar-refractivity contribution is 7.91. The maximum absolute atomic E-state index is 14.3. The van der Waals surface area contributed by atoms with E-state index in [4.69, 9.17) is 4.98 Å². The van der Waals surface area contributed by atoms with Crippen molar-refractivity contribution in [3.8, 4) is 11.3 Å². The van der Waals surface area contributed by atoms with Gasteiger partial charge in [0.1, 0.15) is 4.90 Å². The molecule has 0 N–H and O–H groups in total. The van der Waals surface area contributed by atoms with Gasteiger partial charge in [-0.05, 0) is 37.3 Å². The molecule has 0 spiro atoms. The van der Waals surface area contributed by atoms with Crippen molar-refractivity contribution in [2.75, 3.05) is 6.26 Å². The van der Waals surface area contributed by atoms with E-state index in [0.29, 0.717) is 29.3 Å². The van der Waals surface area contributed by atoms with Crippen molar-refractivity contribution >= 4 is 31.8 Å². The molecule has 4 heterocycles. The normalized spacial score (nSPS) is 17.2. The van der Waals surface area contributed by atoms with Crippen LogP contribution in [-0.2, 0) is 16.9 Å². The third-order valence-electron chi connectivity index (χ3n) is 7.93. The van der Waals surface area contributed by atoms with Gasteiger partial charge in [-0.2, -0.15) is 0 Å². The zero-order chi connectivity index (χ0) is 27.5. The number of aromatic nitrogens is 5. The molecule has 1 unspecified atom stereocenters. The highest BCUT2D eigenvalue weighted by atomic mass is 32.2. The molecule has 1 aliphatic carbocycles. The quantitative estimate of drug-likeness (QED) is 0.264. The van der Waals surface area contributed by atoms with Gasteiger partial charge in [0.2, 0.25) is 5.92 Å². The fourth-order valence-electron chi connectivity index (χ4n) is 6.13. The molecule has 1 fully saturated rings. The smallest absolute Gasteiger partial charge is 0.248 e. The van der Waals surface area contributed by atoms with Gasteiger partial charge in [0, 0.05) is 55.7 Å². The van der Waals surface area contributed by atoms with E-state index in [1.807, 2.05) is 59.5 Å². The highest BCUT2D eigenvalue weighted by Gasteiger charge is 2.40. The lowest BCUT2D eigenvalue weighted by molar-refractivity contribution is -0.0493. The molecule has 10 heteroatoms. The first-order chi connectivity index (χ1) is 18.5. The molecule has 0 radical (unpaired) electrons. The summed E-state index contributed by atoms with van der Waals surface area (Å²) < 4.78 is 58.6. The van der Waals surface area contributed by atoms with Crippen LogP contribution in [0.5, 0.6) is 0 Å². The Morgan fingerprint density at radius 2 is 1.77 bits per heavy atom. The van der Waals surface area contributed by atoms with E-state index in [0.717, 1.165) is 28.0 Å². The number of pyridine rings is 2. The Labute approximate surface area is 225 Å². The van der Waals surface area contributed by atoms with Crippen molar-refractivity contribution in [2.24, 2.45) is 13.0 Å². The van der Waals surface area contributed by atoms with E-state index in [2.05, 4.69) is 9.97 Å². The number of fused-ring (bicyclic) bond motifs is 3. The van der Waals surface area contributed by atoms with Gasteiger partial charge in [-0.25, -0.2) is 22.2 Å². The summed E-state index contributed by atoms with van der Waals surface area (Å²) >= 11 is 0. The van der Waals surface area contributed by atoms with Crippen LogP contribution in [-0.4, -0.2) is 44.7 Å². The Morgan fingerprint density at radius 1 is 1.05 bits per heavy atom. The zero-order valence-corrected chi connectivity index (χ0v) is 22.8. The number of benzene rings is 1. The average molecular weight is 550 g/mol. The summed E-state index contributed by atoms with van der Waals surface area (Å²) in [5.41, 5.74) is 5.36. The van der Waals surface area contributed by atoms with E-state index in [1.165, 1.54) is 12.5 Å². The van der Waals surface area contributed by atoms with Crippen LogP contribution in [0.25, 0.3) is 33.2 Å². The van der Waals surface area contributed by atoms with Crippen molar-refractivity contribution in [3.63, 3.8) is 0 Å². The van der Waals surface area contributed by atoms with Crippen LogP contribution in [0.4, 0.5) is 8.78 Å². The second kappa shape index (κ2) is 9.22. The van der Waals surface area contributed by atoms with Crippen LogP contribution in [0.1, 0.15) is 43.0 Å². The third kappa shape index (κ3) is 4.40. The number of aryl methyl sites for hydroxylation is 2. The van der Waals surface area contributed by atoms with Crippen molar-refractivity contribution in [3.05, 3.63) is 72.6 Å². The number of hydrogen-bond donors (Lipinski definition) is 0. The Kier molecular flexibility index (Phi) is 6.05. The van der Waals surface area contributed by atoms with Gasteiger partial charge in [0.05, 0.1) is 40.3 Å². The summed E-state index contributed by atoms with van der Waals surface area (Å²) in [7, 11) is -1.76. The number of hydrogen-bond acceptors (Lipinski definition) is 5. The minimum Gasteiger partial charge on any atom is -0.333 e. The average Bonchev–Trinajstić information content (AvgIpc) is 3.41. The minimum atomic E-state index is -3.68. The zero-order valence-electron chi connectivity index (χ0n) is 22.0. The Hall–Kier alpha value is -3.66. The number of alkyl halides is 2.